The van der Waals surface area contributed by atoms with Crippen LogP contribution in [-0.4, -0.2) is 11.0 Å². The van der Waals surface area contributed by atoms with Crippen LogP contribution >= 0.6 is 27.5 Å². The molecule has 3 nitrogen and oxygen atoms in total. The van der Waals surface area contributed by atoms with Gasteiger partial charge in [-0.05, 0) is 43.2 Å². The summed E-state index contributed by atoms with van der Waals surface area (Å²) in [4.78, 5) is 3.96. The van der Waals surface area contributed by atoms with Gasteiger partial charge in [-0.15, -0.1) is 0 Å². The van der Waals surface area contributed by atoms with E-state index in [0.29, 0.717) is 11.6 Å². The van der Waals surface area contributed by atoms with Gasteiger partial charge < -0.3 is 10.5 Å². The number of benzene rings is 1. The Bertz CT molecular complexity index is 590. The highest BCUT2D eigenvalue weighted by atomic mass is 79.9. The van der Waals surface area contributed by atoms with Gasteiger partial charge in [0.15, 0.2) is 0 Å². The molecule has 0 radical (unpaired) electrons. The minimum absolute atomic E-state index is 0.0798. The summed E-state index contributed by atoms with van der Waals surface area (Å²) in [5.74, 6) is 0.832. The van der Waals surface area contributed by atoms with Crippen LogP contribution in [0.3, 0.4) is 0 Å². The highest BCUT2D eigenvalue weighted by molar-refractivity contribution is 9.10. The van der Waals surface area contributed by atoms with Crippen LogP contribution in [0.4, 0.5) is 0 Å². The van der Waals surface area contributed by atoms with E-state index in [-0.39, 0.29) is 6.04 Å². The number of halogens is 2. The van der Waals surface area contributed by atoms with Gasteiger partial charge in [-0.3, -0.25) is 4.98 Å². The molecule has 0 aliphatic carbocycles. The van der Waals surface area contributed by atoms with Crippen LogP contribution in [-0.2, 0) is 13.0 Å². The maximum atomic E-state index is 6.07. The predicted octanol–water partition coefficient (Wildman–Crippen LogP) is 3.97. The molecule has 1 heterocycles. The Labute approximate surface area is 132 Å². The standard InChI is InChI=1S/C15H16BrClN2O/c1-10(18)6-12-7-13(16)2-3-15(12)20-9-11-4-5-19-8-14(11)17/h2-5,7-8,10H,6,9,18H2,1H3. The van der Waals surface area contributed by atoms with Gasteiger partial charge in [0.25, 0.3) is 0 Å². The number of hydrogen-bond donors (Lipinski definition) is 1. The molecule has 1 atom stereocenters. The SMILES string of the molecule is CC(N)Cc1cc(Br)ccc1OCc1ccncc1Cl. The third kappa shape index (κ3) is 4.20. The van der Waals surface area contributed by atoms with Gasteiger partial charge in [-0.25, -0.2) is 0 Å². The van der Waals surface area contributed by atoms with Crippen molar-refractivity contribution in [2.24, 2.45) is 5.73 Å². The van der Waals surface area contributed by atoms with E-state index in [1.54, 1.807) is 12.4 Å². The Morgan fingerprint density at radius 3 is 2.85 bits per heavy atom. The highest BCUT2D eigenvalue weighted by Crippen LogP contribution is 2.26. The third-order valence-corrected chi connectivity index (χ3v) is 3.64. The Kier molecular flexibility index (Phi) is 5.40. The highest BCUT2D eigenvalue weighted by Gasteiger charge is 2.08. The van der Waals surface area contributed by atoms with Crippen molar-refractivity contribution in [1.29, 1.82) is 0 Å². The van der Waals surface area contributed by atoms with Crippen LogP contribution in [0.2, 0.25) is 5.02 Å². The van der Waals surface area contributed by atoms with Crippen LogP contribution in [0.5, 0.6) is 5.75 Å². The molecule has 20 heavy (non-hydrogen) atoms. The second kappa shape index (κ2) is 7.07. The number of aromatic nitrogens is 1. The molecule has 0 spiro atoms. The van der Waals surface area contributed by atoms with Crippen molar-refractivity contribution < 1.29 is 4.74 Å². The maximum Gasteiger partial charge on any atom is 0.123 e. The number of pyridine rings is 1. The minimum Gasteiger partial charge on any atom is -0.489 e. The van der Waals surface area contributed by atoms with E-state index in [4.69, 9.17) is 22.1 Å². The van der Waals surface area contributed by atoms with Crippen LogP contribution < -0.4 is 10.5 Å². The number of hydrogen-bond acceptors (Lipinski definition) is 3. The van der Waals surface area contributed by atoms with E-state index in [1.165, 1.54) is 0 Å². The smallest absolute Gasteiger partial charge is 0.123 e. The molecule has 0 saturated heterocycles. The molecular formula is C15H16BrClN2O. The molecule has 2 rings (SSSR count). The summed E-state index contributed by atoms with van der Waals surface area (Å²) in [7, 11) is 0. The van der Waals surface area contributed by atoms with Gasteiger partial charge in [0.05, 0.1) is 5.02 Å². The Morgan fingerprint density at radius 2 is 2.15 bits per heavy atom. The van der Waals surface area contributed by atoms with Crippen molar-refractivity contribution in [2.45, 2.75) is 26.0 Å². The molecule has 0 saturated carbocycles. The van der Waals surface area contributed by atoms with E-state index in [1.807, 2.05) is 31.2 Å². The lowest BCUT2D eigenvalue weighted by atomic mass is 10.1. The largest absolute Gasteiger partial charge is 0.489 e. The summed E-state index contributed by atoms with van der Waals surface area (Å²) in [6.07, 6.45) is 4.08. The predicted molar refractivity (Wildman–Crippen MR) is 85.1 cm³/mol. The molecule has 0 bridgehead atoms. The fraction of sp³-hybridized carbons (Fsp3) is 0.267. The molecule has 0 amide bonds. The molecule has 2 aromatic rings. The van der Waals surface area contributed by atoms with Gasteiger partial charge in [0.2, 0.25) is 0 Å². The lowest BCUT2D eigenvalue weighted by Gasteiger charge is -2.14. The minimum atomic E-state index is 0.0798. The van der Waals surface area contributed by atoms with E-state index in [2.05, 4.69) is 20.9 Å². The van der Waals surface area contributed by atoms with Gasteiger partial charge in [0, 0.05) is 28.5 Å². The summed E-state index contributed by atoms with van der Waals surface area (Å²) in [6, 6.07) is 7.86. The molecule has 2 N–H and O–H groups in total. The first kappa shape index (κ1) is 15.3. The zero-order chi connectivity index (χ0) is 14.5. The van der Waals surface area contributed by atoms with Gasteiger partial charge in [-0.2, -0.15) is 0 Å². The quantitative estimate of drug-likeness (QED) is 0.883. The van der Waals surface area contributed by atoms with Crippen LogP contribution in [0.25, 0.3) is 0 Å². The first-order chi connectivity index (χ1) is 9.56. The van der Waals surface area contributed by atoms with Crippen molar-refractivity contribution >= 4 is 27.5 Å². The van der Waals surface area contributed by atoms with Gasteiger partial charge >= 0.3 is 0 Å². The van der Waals surface area contributed by atoms with E-state index < -0.39 is 0 Å². The first-order valence-corrected chi connectivity index (χ1v) is 7.48. The van der Waals surface area contributed by atoms with Crippen molar-refractivity contribution in [2.75, 3.05) is 0 Å². The Hall–Kier alpha value is -1.10. The Morgan fingerprint density at radius 1 is 1.35 bits per heavy atom. The second-order valence-corrected chi connectivity index (χ2v) is 6.01. The fourth-order valence-corrected chi connectivity index (χ4v) is 2.45. The summed E-state index contributed by atoms with van der Waals surface area (Å²) in [5, 5.41) is 0.610. The summed E-state index contributed by atoms with van der Waals surface area (Å²) in [6.45, 7) is 2.39. The Balaban J connectivity index is 2.15. The van der Waals surface area contributed by atoms with Gasteiger partial charge in [-0.1, -0.05) is 27.5 Å². The number of ether oxygens (including phenoxy) is 1. The van der Waals surface area contributed by atoms with Crippen molar-refractivity contribution in [3.8, 4) is 5.75 Å². The maximum absolute atomic E-state index is 6.07. The van der Waals surface area contributed by atoms with Crippen molar-refractivity contribution in [1.82, 2.24) is 4.98 Å². The topological polar surface area (TPSA) is 48.1 Å². The summed E-state index contributed by atoms with van der Waals surface area (Å²) < 4.78 is 6.89. The molecule has 1 aromatic carbocycles. The van der Waals surface area contributed by atoms with E-state index >= 15 is 0 Å². The summed E-state index contributed by atoms with van der Waals surface area (Å²) >= 11 is 9.54. The molecular weight excluding hydrogens is 340 g/mol. The third-order valence-electron chi connectivity index (χ3n) is 2.80. The number of nitrogens with zero attached hydrogens (tertiary/aromatic N) is 1. The number of nitrogens with two attached hydrogens (primary N) is 1. The zero-order valence-corrected chi connectivity index (χ0v) is 13.5. The molecule has 0 fully saturated rings. The molecule has 0 aliphatic heterocycles. The zero-order valence-electron chi connectivity index (χ0n) is 11.1. The number of rotatable bonds is 5. The molecule has 1 aromatic heterocycles. The average molecular weight is 356 g/mol. The van der Waals surface area contributed by atoms with E-state index in [9.17, 15) is 0 Å². The van der Waals surface area contributed by atoms with E-state index in [0.717, 1.165) is 27.8 Å². The lowest BCUT2D eigenvalue weighted by molar-refractivity contribution is 0.302. The molecule has 1 unspecified atom stereocenters. The molecule has 106 valence electrons. The van der Waals surface area contributed by atoms with Crippen LogP contribution in [0, 0.1) is 0 Å². The monoisotopic (exact) mass is 354 g/mol. The van der Waals surface area contributed by atoms with Crippen LogP contribution in [0.1, 0.15) is 18.1 Å². The fourth-order valence-electron chi connectivity index (χ4n) is 1.87. The molecule has 0 aliphatic rings. The first-order valence-electron chi connectivity index (χ1n) is 6.31. The normalized spacial score (nSPS) is 12.2. The average Bonchev–Trinajstić information content (AvgIpc) is 2.39. The van der Waals surface area contributed by atoms with Crippen molar-refractivity contribution in [3.05, 3.63) is 57.3 Å². The second-order valence-electron chi connectivity index (χ2n) is 4.69. The van der Waals surface area contributed by atoms with Crippen LogP contribution in [0.15, 0.2) is 41.1 Å². The molecule has 5 heteroatoms. The van der Waals surface area contributed by atoms with Crippen molar-refractivity contribution in [3.63, 3.8) is 0 Å². The lowest BCUT2D eigenvalue weighted by Crippen LogP contribution is -2.18. The van der Waals surface area contributed by atoms with Gasteiger partial charge in [0.1, 0.15) is 12.4 Å². The summed E-state index contributed by atoms with van der Waals surface area (Å²) in [5.41, 5.74) is 7.87.